The molecule has 0 saturated carbocycles. The predicted octanol–water partition coefficient (Wildman–Crippen LogP) is 3.35. The lowest BCUT2D eigenvalue weighted by molar-refractivity contribution is -0.128. The van der Waals surface area contributed by atoms with E-state index in [1.54, 1.807) is 0 Å². The van der Waals surface area contributed by atoms with Crippen LogP contribution < -0.4 is 0 Å². The Morgan fingerprint density at radius 1 is 1.33 bits per heavy atom. The molecule has 96 valence electrons. The van der Waals surface area contributed by atoms with Gasteiger partial charge in [-0.25, -0.2) is 0 Å². The largest absolute Gasteiger partial charge is 0.339 e. The molecule has 1 aromatic carbocycles. The Balaban J connectivity index is 2.06. The van der Waals surface area contributed by atoms with Crippen LogP contribution in [0.25, 0.3) is 6.08 Å². The van der Waals surface area contributed by atoms with Crippen molar-refractivity contribution in [1.29, 1.82) is 0 Å². The highest BCUT2D eigenvalue weighted by Crippen LogP contribution is 2.18. The van der Waals surface area contributed by atoms with Crippen molar-refractivity contribution in [2.45, 2.75) is 26.7 Å². The maximum Gasteiger partial charge on any atom is 0.249 e. The Morgan fingerprint density at radius 3 is 2.72 bits per heavy atom. The molecule has 1 saturated heterocycles. The number of benzene rings is 1. The zero-order valence-electron chi connectivity index (χ0n) is 11.2. The van der Waals surface area contributed by atoms with E-state index in [-0.39, 0.29) is 5.91 Å². The van der Waals surface area contributed by atoms with Crippen molar-refractivity contribution >= 4 is 12.0 Å². The summed E-state index contributed by atoms with van der Waals surface area (Å²) in [6, 6.07) is 10.0. The summed E-state index contributed by atoms with van der Waals surface area (Å²) in [5.74, 6) is 0.817. The van der Waals surface area contributed by atoms with Crippen LogP contribution in [0.5, 0.6) is 0 Å². The Hall–Kier alpha value is -1.57. The quantitative estimate of drug-likeness (QED) is 0.729. The lowest BCUT2D eigenvalue weighted by atomic mass is 9.99. The number of amides is 1. The van der Waals surface area contributed by atoms with Crippen LogP contribution in [0.3, 0.4) is 0 Å². The topological polar surface area (TPSA) is 20.3 Å². The van der Waals surface area contributed by atoms with Gasteiger partial charge in [-0.3, -0.25) is 4.79 Å². The molecule has 1 aromatic rings. The van der Waals surface area contributed by atoms with Gasteiger partial charge in [0.1, 0.15) is 0 Å². The van der Waals surface area contributed by atoms with Gasteiger partial charge >= 0.3 is 0 Å². The number of carbonyl (C=O) groups is 1. The molecular formula is C16H21NO. The summed E-state index contributed by atoms with van der Waals surface area (Å²) in [4.78, 5) is 14.3. The number of hydrogen-bond donors (Lipinski definition) is 0. The van der Waals surface area contributed by atoms with Crippen LogP contribution in [0.15, 0.2) is 35.9 Å². The normalized spacial score (nSPS) is 20.9. The zero-order chi connectivity index (χ0) is 13.0. The highest BCUT2D eigenvalue weighted by atomic mass is 16.2. The van der Waals surface area contributed by atoms with E-state index in [0.29, 0.717) is 5.92 Å². The Morgan fingerprint density at radius 2 is 2.06 bits per heavy atom. The Bertz CT molecular complexity index is 436. The minimum atomic E-state index is 0.186. The molecule has 0 spiro atoms. The highest BCUT2D eigenvalue weighted by molar-refractivity contribution is 5.97. The second-order valence-corrected chi connectivity index (χ2v) is 5.24. The van der Waals surface area contributed by atoms with E-state index in [4.69, 9.17) is 0 Å². The van der Waals surface area contributed by atoms with Gasteiger partial charge < -0.3 is 4.90 Å². The third-order valence-electron chi connectivity index (χ3n) is 3.46. The standard InChI is InChI=1S/C16H21NO/c1-13-7-6-10-17(12-13)16(18)14(2)11-15-8-4-3-5-9-15/h3-5,8-9,11,13H,6-7,10,12H2,1-2H3/b14-11+/t13-/m0/s1. The molecule has 0 radical (unpaired) electrons. The van der Waals surface area contributed by atoms with Crippen molar-refractivity contribution in [2.75, 3.05) is 13.1 Å². The fraction of sp³-hybridized carbons (Fsp3) is 0.438. The molecule has 1 amide bonds. The highest BCUT2D eigenvalue weighted by Gasteiger charge is 2.21. The molecule has 2 rings (SSSR count). The first-order chi connectivity index (χ1) is 8.66. The second-order valence-electron chi connectivity index (χ2n) is 5.24. The van der Waals surface area contributed by atoms with Crippen molar-refractivity contribution < 1.29 is 4.79 Å². The van der Waals surface area contributed by atoms with E-state index in [1.807, 2.05) is 48.2 Å². The average molecular weight is 243 g/mol. The SMILES string of the molecule is C/C(=C\c1ccccc1)C(=O)N1CCC[C@H](C)C1. The number of piperidine rings is 1. The summed E-state index contributed by atoms with van der Waals surface area (Å²) in [6.07, 6.45) is 4.35. The molecule has 0 N–H and O–H groups in total. The average Bonchev–Trinajstić information content (AvgIpc) is 2.39. The molecular weight excluding hydrogens is 222 g/mol. The number of carbonyl (C=O) groups excluding carboxylic acids is 1. The summed E-state index contributed by atoms with van der Waals surface area (Å²) in [6.45, 7) is 5.94. The molecule has 0 bridgehead atoms. The fourth-order valence-corrected chi connectivity index (χ4v) is 2.48. The van der Waals surface area contributed by atoms with Gasteiger partial charge in [-0.1, -0.05) is 37.3 Å². The molecule has 0 aliphatic carbocycles. The predicted molar refractivity (Wildman–Crippen MR) is 75.1 cm³/mol. The minimum Gasteiger partial charge on any atom is -0.339 e. The van der Waals surface area contributed by atoms with Crippen LogP contribution in [0.4, 0.5) is 0 Å². The minimum absolute atomic E-state index is 0.186. The van der Waals surface area contributed by atoms with Crippen LogP contribution in [0.2, 0.25) is 0 Å². The summed E-state index contributed by atoms with van der Waals surface area (Å²) in [5, 5.41) is 0. The van der Waals surface area contributed by atoms with Crippen molar-refractivity contribution in [3.05, 3.63) is 41.5 Å². The molecule has 2 heteroatoms. The summed E-state index contributed by atoms with van der Waals surface area (Å²) < 4.78 is 0. The first-order valence-electron chi connectivity index (χ1n) is 6.69. The summed E-state index contributed by atoms with van der Waals surface area (Å²) in [7, 11) is 0. The van der Waals surface area contributed by atoms with Gasteiger partial charge in [0.05, 0.1) is 0 Å². The zero-order valence-corrected chi connectivity index (χ0v) is 11.2. The number of likely N-dealkylation sites (tertiary alicyclic amines) is 1. The molecule has 1 fully saturated rings. The smallest absolute Gasteiger partial charge is 0.249 e. The van der Waals surface area contributed by atoms with Crippen molar-refractivity contribution in [3.63, 3.8) is 0 Å². The fourth-order valence-electron chi connectivity index (χ4n) is 2.48. The lowest BCUT2D eigenvalue weighted by Crippen LogP contribution is -2.39. The second kappa shape index (κ2) is 5.85. The van der Waals surface area contributed by atoms with Gasteiger partial charge in [-0.05, 0) is 37.3 Å². The first kappa shape index (κ1) is 12.9. The first-order valence-corrected chi connectivity index (χ1v) is 6.69. The van der Waals surface area contributed by atoms with E-state index < -0.39 is 0 Å². The van der Waals surface area contributed by atoms with E-state index >= 15 is 0 Å². The Labute approximate surface area is 109 Å². The third-order valence-corrected chi connectivity index (χ3v) is 3.46. The van der Waals surface area contributed by atoms with E-state index in [2.05, 4.69) is 6.92 Å². The van der Waals surface area contributed by atoms with Gasteiger partial charge in [0.15, 0.2) is 0 Å². The van der Waals surface area contributed by atoms with Crippen LogP contribution in [0.1, 0.15) is 32.3 Å². The van der Waals surface area contributed by atoms with Gasteiger partial charge in [-0.2, -0.15) is 0 Å². The molecule has 0 aromatic heterocycles. The van der Waals surface area contributed by atoms with Gasteiger partial charge in [0.2, 0.25) is 5.91 Å². The summed E-state index contributed by atoms with van der Waals surface area (Å²) >= 11 is 0. The molecule has 1 aliphatic rings. The Kier molecular flexibility index (Phi) is 4.19. The molecule has 2 nitrogen and oxygen atoms in total. The maximum absolute atomic E-state index is 12.3. The van der Waals surface area contributed by atoms with Crippen molar-refractivity contribution in [3.8, 4) is 0 Å². The van der Waals surface area contributed by atoms with Crippen molar-refractivity contribution in [1.82, 2.24) is 4.90 Å². The van der Waals surface area contributed by atoms with E-state index in [0.717, 1.165) is 30.6 Å². The van der Waals surface area contributed by atoms with Crippen LogP contribution >= 0.6 is 0 Å². The third kappa shape index (κ3) is 3.22. The molecule has 0 unspecified atom stereocenters. The van der Waals surface area contributed by atoms with E-state index in [1.165, 1.54) is 6.42 Å². The van der Waals surface area contributed by atoms with E-state index in [9.17, 15) is 4.79 Å². The van der Waals surface area contributed by atoms with Gasteiger partial charge in [0.25, 0.3) is 0 Å². The van der Waals surface area contributed by atoms with Crippen LogP contribution in [0, 0.1) is 5.92 Å². The summed E-state index contributed by atoms with van der Waals surface area (Å²) in [5.41, 5.74) is 1.92. The van der Waals surface area contributed by atoms with Crippen LogP contribution in [-0.2, 0) is 4.79 Å². The number of rotatable bonds is 2. The van der Waals surface area contributed by atoms with Crippen molar-refractivity contribution in [2.24, 2.45) is 5.92 Å². The lowest BCUT2D eigenvalue weighted by Gasteiger charge is -2.31. The number of hydrogen-bond acceptors (Lipinski definition) is 1. The molecule has 1 heterocycles. The van der Waals surface area contributed by atoms with Gasteiger partial charge in [0, 0.05) is 18.7 Å². The van der Waals surface area contributed by atoms with Gasteiger partial charge in [-0.15, -0.1) is 0 Å². The molecule has 1 aliphatic heterocycles. The molecule has 1 atom stereocenters. The number of nitrogens with zero attached hydrogens (tertiary/aromatic N) is 1. The van der Waals surface area contributed by atoms with Crippen LogP contribution in [-0.4, -0.2) is 23.9 Å². The molecule has 18 heavy (non-hydrogen) atoms. The maximum atomic E-state index is 12.3. The monoisotopic (exact) mass is 243 g/mol.